The Kier molecular flexibility index (Phi) is 7.21. The maximum Gasteiger partial charge on any atom is 0.197 e. The fraction of sp³-hybridized carbons (Fsp3) is 0.286. The maximum absolute atomic E-state index is 12.9. The van der Waals surface area contributed by atoms with Gasteiger partial charge in [0.2, 0.25) is 0 Å². The highest BCUT2D eigenvalue weighted by Gasteiger charge is 2.49. The van der Waals surface area contributed by atoms with Crippen molar-refractivity contribution >= 4 is 29.5 Å². The van der Waals surface area contributed by atoms with Crippen molar-refractivity contribution < 1.29 is 29.7 Å². The van der Waals surface area contributed by atoms with Crippen LogP contribution in [0.15, 0.2) is 48.5 Å². The molecule has 0 spiro atoms. The Bertz CT molecular complexity index is 881. The third-order valence-corrected chi connectivity index (χ3v) is 4.95. The highest BCUT2D eigenvalue weighted by Crippen LogP contribution is 2.27. The van der Waals surface area contributed by atoms with Gasteiger partial charge < -0.3 is 20.1 Å². The lowest BCUT2D eigenvalue weighted by Gasteiger charge is -2.33. The van der Waals surface area contributed by atoms with Crippen LogP contribution in [-0.4, -0.2) is 51.0 Å². The van der Waals surface area contributed by atoms with Crippen LogP contribution in [0, 0.1) is 6.92 Å². The van der Waals surface area contributed by atoms with Crippen molar-refractivity contribution in [1.29, 1.82) is 0 Å². The first-order valence-electron chi connectivity index (χ1n) is 8.58. The number of aryl methyl sites for hydroxylation is 1. The normalized spacial score (nSPS) is 15.3. The van der Waals surface area contributed by atoms with Crippen molar-refractivity contribution in [3.63, 3.8) is 0 Å². The molecule has 0 fully saturated rings. The lowest BCUT2D eigenvalue weighted by atomic mass is 9.80. The monoisotopic (exact) mass is 404 g/mol. The lowest BCUT2D eigenvalue weighted by molar-refractivity contribution is -0.121. The molecule has 0 aliphatic rings. The summed E-state index contributed by atoms with van der Waals surface area (Å²) in [7, 11) is 0. The van der Waals surface area contributed by atoms with Crippen LogP contribution in [-0.2, 0) is 10.7 Å². The summed E-state index contributed by atoms with van der Waals surface area (Å²) < 4.78 is 0. The minimum atomic E-state index is -2.67. The van der Waals surface area contributed by atoms with Crippen LogP contribution in [0.2, 0.25) is 0 Å². The van der Waals surface area contributed by atoms with Crippen LogP contribution >= 0.6 is 11.6 Å². The Morgan fingerprint density at radius 1 is 1.07 bits per heavy atom. The van der Waals surface area contributed by atoms with E-state index in [0.717, 1.165) is 0 Å². The van der Waals surface area contributed by atoms with Crippen molar-refractivity contribution in [2.45, 2.75) is 37.0 Å². The number of rotatable bonds is 9. The first kappa shape index (κ1) is 21.9. The Morgan fingerprint density at radius 2 is 1.64 bits per heavy atom. The molecule has 6 nitrogen and oxygen atoms in total. The molecular formula is C21H21ClO6. The van der Waals surface area contributed by atoms with Crippen LogP contribution < -0.4 is 0 Å². The van der Waals surface area contributed by atoms with Gasteiger partial charge >= 0.3 is 0 Å². The van der Waals surface area contributed by atoms with Crippen molar-refractivity contribution in [3.8, 4) is 0 Å². The molecule has 2 aromatic carbocycles. The van der Waals surface area contributed by atoms with Gasteiger partial charge in [-0.2, -0.15) is 0 Å². The zero-order valence-corrected chi connectivity index (χ0v) is 16.0. The number of hydrogen-bond donors (Lipinski definition) is 3. The Morgan fingerprint density at radius 3 is 2.21 bits per heavy atom. The van der Waals surface area contributed by atoms with Crippen molar-refractivity contribution in [1.82, 2.24) is 0 Å². The number of aliphatic hydroxyl groups is 3. The number of aliphatic hydroxyl groups excluding tert-OH is 2. The molecule has 3 atom stereocenters. The molecule has 3 N–H and O–H groups in total. The Labute approximate surface area is 167 Å². The molecule has 7 heteroatoms. The molecule has 2 aromatic rings. The number of benzene rings is 2. The number of carbonyl (C=O) groups excluding carboxylic acids is 3. The van der Waals surface area contributed by atoms with Crippen molar-refractivity contribution in [2.24, 2.45) is 0 Å². The van der Waals surface area contributed by atoms with Crippen LogP contribution in [0.25, 0.3) is 0 Å². The number of carbonyl (C=O) groups is 3. The molecule has 1 unspecified atom stereocenters. The van der Waals surface area contributed by atoms with E-state index >= 15 is 0 Å². The summed E-state index contributed by atoms with van der Waals surface area (Å²) in [5.74, 6) is -1.88. The maximum atomic E-state index is 12.9. The van der Waals surface area contributed by atoms with E-state index in [1.807, 2.05) is 0 Å². The second-order valence-corrected chi connectivity index (χ2v) is 6.75. The molecule has 28 heavy (non-hydrogen) atoms. The molecule has 0 aliphatic heterocycles. The van der Waals surface area contributed by atoms with Gasteiger partial charge in [0.05, 0.1) is 0 Å². The number of aldehydes is 1. The standard InChI is InChI=1S/C21H21ClO6/c1-13-6-2-4-8-15(13)19(26)21(28,10-11-23)20(27)18(25)17(24)16-9-5-3-7-14(16)12-22/h2-9,11,18,20,25,27-28H,10,12H2,1H3/t18?,20-,21-/m0/s1. The van der Waals surface area contributed by atoms with Gasteiger partial charge in [-0.1, -0.05) is 48.5 Å². The highest BCUT2D eigenvalue weighted by atomic mass is 35.5. The first-order valence-corrected chi connectivity index (χ1v) is 9.12. The highest BCUT2D eigenvalue weighted by molar-refractivity contribution is 6.18. The molecule has 0 saturated heterocycles. The number of halogens is 1. The molecule has 0 saturated carbocycles. The van der Waals surface area contributed by atoms with Crippen LogP contribution in [0.1, 0.15) is 38.3 Å². The topological polar surface area (TPSA) is 112 Å². The summed E-state index contributed by atoms with van der Waals surface area (Å²) in [5.41, 5.74) is -1.60. The molecule has 0 heterocycles. The smallest absolute Gasteiger partial charge is 0.197 e. The lowest BCUT2D eigenvalue weighted by Crippen LogP contribution is -2.57. The van der Waals surface area contributed by atoms with Gasteiger partial charge in [-0.25, -0.2) is 0 Å². The summed E-state index contributed by atoms with van der Waals surface area (Å²) in [4.78, 5) is 36.7. The minimum absolute atomic E-state index is 0.00846. The first-order chi connectivity index (χ1) is 13.3. The number of ketones is 2. The van der Waals surface area contributed by atoms with E-state index in [1.165, 1.54) is 12.1 Å². The van der Waals surface area contributed by atoms with Gasteiger partial charge in [0, 0.05) is 23.4 Å². The average Bonchev–Trinajstić information content (AvgIpc) is 2.72. The number of hydrogen-bond acceptors (Lipinski definition) is 6. The van der Waals surface area contributed by atoms with Gasteiger partial charge in [-0.05, 0) is 18.1 Å². The van der Waals surface area contributed by atoms with Gasteiger partial charge in [0.25, 0.3) is 0 Å². The Balaban J connectivity index is 2.41. The molecule has 0 aromatic heterocycles. The summed E-state index contributed by atoms with van der Waals surface area (Å²) in [6.07, 6.45) is -4.89. The Hall–Kier alpha value is -2.38. The average molecular weight is 405 g/mol. The summed E-state index contributed by atoms with van der Waals surface area (Å²) in [6.45, 7) is 1.62. The van der Waals surface area contributed by atoms with E-state index < -0.39 is 35.8 Å². The van der Waals surface area contributed by atoms with E-state index in [1.54, 1.807) is 43.3 Å². The predicted octanol–water partition coefficient (Wildman–Crippen LogP) is 1.84. The summed E-state index contributed by atoms with van der Waals surface area (Å²) in [6, 6.07) is 12.5. The van der Waals surface area contributed by atoms with E-state index in [4.69, 9.17) is 11.6 Å². The van der Waals surface area contributed by atoms with Crippen LogP contribution in [0.3, 0.4) is 0 Å². The fourth-order valence-corrected chi connectivity index (χ4v) is 3.21. The van der Waals surface area contributed by atoms with Crippen molar-refractivity contribution in [3.05, 3.63) is 70.8 Å². The van der Waals surface area contributed by atoms with Crippen molar-refractivity contribution in [2.75, 3.05) is 0 Å². The van der Waals surface area contributed by atoms with Crippen LogP contribution in [0.4, 0.5) is 0 Å². The van der Waals surface area contributed by atoms with Crippen LogP contribution in [0.5, 0.6) is 0 Å². The molecule has 148 valence electrons. The van der Waals surface area contributed by atoms with Gasteiger partial charge in [0.1, 0.15) is 18.5 Å². The van der Waals surface area contributed by atoms with E-state index in [0.29, 0.717) is 11.1 Å². The van der Waals surface area contributed by atoms with Gasteiger partial charge in [-0.3, -0.25) is 9.59 Å². The molecule has 0 amide bonds. The fourth-order valence-electron chi connectivity index (χ4n) is 2.98. The number of Topliss-reactive ketones (excluding diaryl/α,β-unsaturated/α-hetero) is 2. The molecule has 0 bridgehead atoms. The SMILES string of the molecule is Cc1ccccc1C(=O)[C@@](O)(CC=O)[C@@H](O)C(O)C(=O)c1ccccc1CCl. The summed E-state index contributed by atoms with van der Waals surface area (Å²) >= 11 is 5.80. The molecule has 0 radical (unpaired) electrons. The minimum Gasteiger partial charge on any atom is -0.386 e. The van der Waals surface area contributed by atoms with Gasteiger partial charge in [0.15, 0.2) is 17.2 Å². The van der Waals surface area contributed by atoms with E-state index in [2.05, 4.69) is 0 Å². The molecular weight excluding hydrogens is 384 g/mol. The van der Waals surface area contributed by atoms with Gasteiger partial charge in [-0.15, -0.1) is 11.6 Å². The van der Waals surface area contributed by atoms with E-state index in [-0.39, 0.29) is 23.3 Å². The molecule has 0 aliphatic carbocycles. The third-order valence-electron chi connectivity index (χ3n) is 4.66. The zero-order valence-electron chi connectivity index (χ0n) is 15.2. The number of alkyl halides is 1. The molecule has 2 rings (SSSR count). The third kappa shape index (κ3) is 4.20. The van der Waals surface area contributed by atoms with E-state index in [9.17, 15) is 29.7 Å². The quantitative estimate of drug-likeness (QED) is 0.334. The zero-order chi connectivity index (χ0) is 20.9. The predicted molar refractivity (Wildman–Crippen MR) is 103 cm³/mol. The largest absolute Gasteiger partial charge is 0.386 e. The second kappa shape index (κ2) is 9.21. The summed E-state index contributed by atoms with van der Waals surface area (Å²) in [5, 5.41) is 31.8. The second-order valence-electron chi connectivity index (χ2n) is 6.48.